The summed E-state index contributed by atoms with van der Waals surface area (Å²) in [6.45, 7) is 6.20. The zero-order chi connectivity index (χ0) is 24.2. The topological polar surface area (TPSA) is 90.1 Å². The van der Waals surface area contributed by atoms with E-state index in [1.165, 1.54) is 15.9 Å². The van der Waals surface area contributed by atoms with Crippen molar-refractivity contribution in [3.63, 3.8) is 0 Å². The van der Waals surface area contributed by atoms with Gasteiger partial charge >= 0.3 is 5.97 Å². The maximum absolute atomic E-state index is 13.7. The summed E-state index contributed by atoms with van der Waals surface area (Å²) in [6.07, 6.45) is 2.45. The van der Waals surface area contributed by atoms with Gasteiger partial charge < -0.3 is 14.6 Å². The number of esters is 1. The van der Waals surface area contributed by atoms with Crippen LogP contribution in [0.4, 0.5) is 0 Å². The van der Waals surface area contributed by atoms with Gasteiger partial charge in [-0.1, -0.05) is 54.7 Å². The van der Waals surface area contributed by atoms with Crippen LogP contribution in [0, 0.1) is 0 Å². The van der Waals surface area contributed by atoms with E-state index in [0.29, 0.717) is 44.1 Å². The third-order valence-electron chi connectivity index (χ3n) is 5.42. The Hall–Kier alpha value is -3.65. The second-order valence-electron chi connectivity index (χ2n) is 7.75. The highest BCUT2D eigenvalue weighted by Gasteiger charge is 2.35. The quantitative estimate of drug-likeness (QED) is 0.527. The van der Waals surface area contributed by atoms with Gasteiger partial charge in [0.15, 0.2) is 4.80 Å². The van der Waals surface area contributed by atoms with E-state index < -0.39 is 12.0 Å². The van der Waals surface area contributed by atoms with E-state index in [-0.39, 0.29) is 17.9 Å². The van der Waals surface area contributed by atoms with Crippen LogP contribution in [-0.2, 0) is 9.53 Å². The van der Waals surface area contributed by atoms with E-state index >= 15 is 0 Å². The van der Waals surface area contributed by atoms with E-state index in [1.807, 2.05) is 31.2 Å². The lowest BCUT2D eigenvalue weighted by Gasteiger charge is -2.26. The first-order chi connectivity index (χ1) is 16.5. The summed E-state index contributed by atoms with van der Waals surface area (Å²) in [6, 6.07) is 13.4. The molecule has 0 bridgehead atoms. The summed E-state index contributed by atoms with van der Waals surface area (Å²) < 4.78 is 13.2. The highest BCUT2D eigenvalue weighted by Crippen LogP contribution is 2.35. The Balaban J connectivity index is 1.98. The van der Waals surface area contributed by atoms with E-state index in [4.69, 9.17) is 9.47 Å². The molecule has 4 rings (SSSR count). The molecular weight excluding hydrogens is 452 g/mol. The average molecular weight is 479 g/mol. The first kappa shape index (κ1) is 23.5. The van der Waals surface area contributed by atoms with Gasteiger partial charge in [0.2, 0.25) is 0 Å². The van der Waals surface area contributed by atoms with Crippen LogP contribution in [0.5, 0.6) is 11.5 Å². The van der Waals surface area contributed by atoms with Gasteiger partial charge in [-0.05, 0) is 38.5 Å². The van der Waals surface area contributed by atoms with E-state index in [0.717, 1.165) is 6.42 Å². The maximum atomic E-state index is 13.7. The smallest absolute Gasteiger partial charge is 0.338 e. The SMILES string of the molecule is CCCOc1ccccc1C1C(C(=O)OCC)=C(C)N=c2s/c(=C\c3ccccc3O)c(=O)n21. The number of phenolic OH excluding ortho intramolecular Hbond substituents is 1. The van der Waals surface area contributed by atoms with Crippen molar-refractivity contribution in [3.8, 4) is 11.5 Å². The predicted octanol–water partition coefficient (Wildman–Crippen LogP) is 3.29. The number of benzene rings is 2. The predicted molar refractivity (Wildman–Crippen MR) is 131 cm³/mol. The molecule has 0 aliphatic carbocycles. The van der Waals surface area contributed by atoms with Gasteiger partial charge in [-0.2, -0.15) is 0 Å². The Labute approximate surface area is 200 Å². The van der Waals surface area contributed by atoms with Gasteiger partial charge in [-0.3, -0.25) is 9.36 Å². The highest BCUT2D eigenvalue weighted by molar-refractivity contribution is 7.07. The van der Waals surface area contributed by atoms with E-state index in [9.17, 15) is 14.7 Å². The number of hydrogen-bond donors (Lipinski definition) is 1. The van der Waals surface area contributed by atoms with Crippen molar-refractivity contribution in [1.29, 1.82) is 0 Å². The number of rotatable bonds is 7. The summed E-state index contributed by atoms with van der Waals surface area (Å²) in [7, 11) is 0. The van der Waals surface area contributed by atoms with Crippen molar-refractivity contribution in [3.05, 3.63) is 90.6 Å². The molecule has 2 aromatic carbocycles. The number of fused-ring (bicyclic) bond motifs is 1. The van der Waals surface area contributed by atoms with E-state index in [2.05, 4.69) is 4.99 Å². The van der Waals surface area contributed by atoms with Crippen LogP contribution in [-0.4, -0.2) is 28.9 Å². The van der Waals surface area contributed by atoms with Crippen LogP contribution in [0.15, 0.2) is 69.6 Å². The summed E-state index contributed by atoms with van der Waals surface area (Å²) in [5.74, 6) is 0.154. The Morgan fingerprint density at radius 3 is 2.65 bits per heavy atom. The molecule has 1 aliphatic heterocycles. The van der Waals surface area contributed by atoms with Gasteiger partial charge in [0, 0.05) is 11.1 Å². The van der Waals surface area contributed by atoms with Gasteiger partial charge in [0.05, 0.1) is 29.0 Å². The van der Waals surface area contributed by atoms with Crippen molar-refractivity contribution in [1.82, 2.24) is 4.57 Å². The molecule has 1 aromatic heterocycles. The molecule has 176 valence electrons. The number of carbonyl (C=O) groups excluding carboxylic acids is 1. The highest BCUT2D eigenvalue weighted by atomic mass is 32.1. The van der Waals surface area contributed by atoms with Gasteiger partial charge in [-0.15, -0.1) is 0 Å². The Bertz CT molecular complexity index is 1430. The zero-order valence-corrected chi connectivity index (χ0v) is 20.1. The van der Waals surface area contributed by atoms with Crippen LogP contribution in [0.2, 0.25) is 0 Å². The third-order valence-corrected chi connectivity index (χ3v) is 6.40. The Morgan fingerprint density at radius 2 is 1.91 bits per heavy atom. The van der Waals surface area contributed by atoms with Crippen LogP contribution in [0.25, 0.3) is 6.08 Å². The van der Waals surface area contributed by atoms with Crippen LogP contribution < -0.4 is 19.6 Å². The monoisotopic (exact) mass is 478 g/mol. The first-order valence-electron chi connectivity index (χ1n) is 11.2. The fraction of sp³-hybridized carbons (Fsp3) is 0.269. The van der Waals surface area contributed by atoms with Crippen LogP contribution in [0.1, 0.15) is 44.4 Å². The molecule has 0 saturated heterocycles. The number of thiazole rings is 1. The third kappa shape index (κ3) is 4.41. The standard InChI is InChI=1S/C26H26N2O5S/c1-4-14-33-20-13-9-7-11-18(20)23-22(25(31)32-5-2)16(3)27-26-28(23)24(30)21(34-26)15-17-10-6-8-12-19(17)29/h6-13,15,23,29H,4-5,14H2,1-3H3/b21-15-. The lowest BCUT2D eigenvalue weighted by atomic mass is 9.95. The molecule has 1 unspecified atom stereocenters. The molecule has 8 heteroatoms. The number of aromatic nitrogens is 1. The normalized spacial score (nSPS) is 15.6. The number of aromatic hydroxyl groups is 1. The number of phenols is 1. The van der Waals surface area contributed by atoms with Gasteiger partial charge in [0.1, 0.15) is 17.5 Å². The largest absolute Gasteiger partial charge is 0.507 e. The molecule has 1 aliphatic rings. The molecule has 0 fully saturated rings. The van der Waals surface area contributed by atoms with Crippen molar-refractivity contribution in [2.45, 2.75) is 33.2 Å². The molecule has 0 spiro atoms. The molecule has 0 saturated carbocycles. The summed E-state index contributed by atoms with van der Waals surface area (Å²) >= 11 is 1.21. The number of hydrogen-bond acceptors (Lipinski definition) is 7. The van der Waals surface area contributed by atoms with Crippen LogP contribution >= 0.6 is 11.3 Å². The Kier molecular flexibility index (Phi) is 6.98. The van der Waals surface area contributed by atoms with Gasteiger partial charge in [0.25, 0.3) is 5.56 Å². The molecule has 7 nitrogen and oxygen atoms in total. The van der Waals surface area contributed by atoms with Crippen molar-refractivity contribution in [2.24, 2.45) is 4.99 Å². The lowest BCUT2D eigenvalue weighted by Crippen LogP contribution is -2.40. The van der Waals surface area contributed by atoms with Gasteiger partial charge in [-0.25, -0.2) is 9.79 Å². The van der Waals surface area contributed by atoms with Crippen LogP contribution in [0.3, 0.4) is 0 Å². The van der Waals surface area contributed by atoms with Crippen molar-refractivity contribution >= 4 is 23.4 Å². The summed E-state index contributed by atoms with van der Waals surface area (Å²) in [5.41, 5.74) is 1.69. The average Bonchev–Trinajstić information content (AvgIpc) is 3.13. The molecule has 0 amide bonds. The maximum Gasteiger partial charge on any atom is 0.338 e. The number of nitrogens with zero attached hydrogens (tertiary/aromatic N) is 2. The van der Waals surface area contributed by atoms with Crippen molar-refractivity contribution in [2.75, 3.05) is 13.2 Å². The molecule has 2 heterocycles. The fourth-order valence-electron chi connectivity index (χ4n) is 3.89. The molecule has 1 N–H and O–H groups in total. The summed E-state index contributed by atoms with van der Waals surface area (Å²) in [4.78, 5) is 31.7. The first-order valence-corrected chi connectivity index (χ1v) is 12.0. The molecule has 0 radical (unpaired) electrons. The minimum atomic E-state index is -0.755. The number of ether oxygens (including phenoxy) is 2. The van der Waals surface area contributed by atoms with E-state index in [1.54, 1.807) is 44.2 Å². The number of allylic oxidation sites excluding steroid dienone is 1. The van der Waals surface area contributed by atoms with Crippen molar-refractivity contribution < 1.29 is 19.4 Å². The fourth-order valence-corrected chi connectivity index (χ4v) is 4.92. The number of carbonyl (C=O) groups is 1. The second kappa shape index (κ2) is 10.1. The molecule has 3 aromatic rings. The zero-order valence-electron chi connectivity index (χ0n) is 19.3. The molecule has 1 atom stereocenters. The Morgan fingerprint density at radius 1 is 1.18 bits per heavy atom. The minimum absolute atomic E-state index is 0.0755. The molecular formula is C26H26N2O5S. The minimum Gasteiger partial charge on any atom is -0.507 e. The lowest BCUT2D eigenvalue weighted by molar-refractivity contribution is -0.139. The molecule has 34 heavy (non-hydrogen) atoms. The summed E-state index contributed by atoms with van der Waals surface area (Å²) in [5, 5.41) is 10.2. The number of para-hydroxylation sites is 2. The second-order valence-corrected chi connectivity index (χ2v) is 8.76.